The van der Waals surface area contributed by atoms with E-state index in [1.165, 1.54) is 18.2 Å². The van der Waals surface area contributed by atoms with E-state index in [-0.39, 0.29) is 43.0 Å². The highest BCUT2D eigenvalue weighted by atomic mass is 16.3. The molecule has 1 aliphatic rings. The molecule has 0 saturated carbocycles. The number of aliphatic hydroxyl groups is 1. The van der Waals surface area contributed by atoms with Crippen molar-refractivity contribution < 1.29 is 29.7 Å². The number of phenols is 2. The third-order valence-electron chi connectivity index (χ3n) is 6.84. The van der Waals surface area contributed by atoms with Crippen LogP contribution >= 0.6 is 0 Å². The Kier molecular flexibility index (Phi) is 10.8. The van der Waals surface area contributed by atoms with Gasteiger partial charge in [-0.25, -0.2) is 0 Å². The van der Waals surface area contributed by atoms with E-state index >= 15 is 0 Å². The minimum absolute atomic E-state index is 0.0204. The van der Waals surface area contributed by atoms with Crippen LogP contribution < -0.4 is 38.9 Å². The van der Waals surface area contributed by atoms with Crippen molar-refractivity contribution in [3.8, 4) is 22.6 Å². The second-order valence-electron chi connectivity index (χ2n) is 9.93. The molecule has 0 spiro atoms. The monoisotopic (exact) mass is 557 g/mol. The summed E-state index contributed by atoms with van der Waals surface area (Å²) < 4.78 is 0. The highest BCUT2D eigenvalue weighted by Crippen LogP contribution is 2.34. The molecule has 0 aliphatic carbocycles. The van der Waals surface area contributed by atoms with Gasteiger partial charge in [-0.15, -0.1) is 0 Å². The van der Waals surface area contributed by atoms with Gasteiger partial charge in [0.2, 0.25) is 17.7 Å². The lowest BCUT2D eigenvalue weighted by Gasteiger charge is -2.28. The quantitative estimate of drug-likeness (QED) is 0.174. The summed E-state index contributed by atoms with van der Waals surface area (Å²) in [5, 5.41) is 40.1. The van der Waals surface area contributed by atoms with Gasteiger partial charge in [0.25, 0.3) is 0 Å². The number of benzene rings is 2. The van der Waals surface area contributed by atoms with Gasteiger partial charge in [0.05, 0.1) is 6.04 Å². The van der Waals surface area contributed by atoms with E-state index in [2.05, 4.69) is 16.0 Å². The fraction of sp³-hybridized carbons (Fsp3) is 0.444. The zero-order valence-electron chi connectivity index (χ0n) is 22.2. The number of nitrogens with two attached hydrogens (primary N) is 4. The fourth-order valence-corrected chi connectivity index (χ4v) is 4.48. The first-order chi connectivity index (χ1) is 19.0. The van der Waals surface area contributed by atoms with Crippen molar-refractivity contribution in [3.63, 3.8) is 0 Å². The first-order valence-electron chi connectivity index (χ1n) is 13.2. The Bertz CT molecular complexity index is 1210. The van der Waals surface area contributed by atoms with Gasteiger partial charge < -0.3 is 54.2 Å². The minimum atomic E-state index is -1.69. The summed E-state index contributed by atoms with van der Waals surface area (Å²) in [7, 11) is 0. The lowest BCUT2D eigenvalue weighted by Crippen LogP contribution is -2.58. The van der Waals surface area contributed by atoms with Crippen molar-refractivity contribution in [2.24, 2.45) is 22.9 Å². The lowest BCUT2D eigenvalue weighted by molar-refractivity contribution is -0.134. The number of carbonyl (C=O) groups excluding carboxylic acids is 3. The molecule has 2 aromatic carbocycles. The molecule has 14 N–H and O–H groups in total. The van der Waals surface area contributed by atoms with Gasteiger partial charge in [0, 0.05) is 24.6 Å². The van der Waals surface area contributed by atoms with Crippen LogP contribution in [0.25, 0.3) is 11.1 Å². The Hall–Kier alpha value is -3.75. The van der Waals surface area contributed by atoms with Crippen LogP contribution in [0.3, 0.4) is 0 Å². The number of aliphatic hydroxyl groups excluding tert-OH is 1. The number of hydrogen-bond donors (Lipinski definition) is 10. The molecule has 0 radical (unpaired) electrons. The maximum Gasteiger partial charge on any atom is 0.245 e. The van der Waals surface area contributed by atoms with E-state index in [0.717, 1.165) is 0 Å². The maximum absolute atomic E-state index is 13.4. The molecule has 4 bridgehead atoms. The molecule has 2 aromatic rings. The van der Waals surface area contributed by atoms with Crippen LogP contribution in [0.15, 0.2) is 36.4 Å². The second kappa shape index (κ2) is 14.1. The molecule has 3 rings (SSSR count). The highest BCUT2D eigenvalue weighted by molar-refractivity contribution is 5.93. The van der Waals surface area contributed by atoms with E-state index in [4.69, 9.17) is 22.9 Å². The van der Waals surface area contributed by atoms with Crippen LogP contribution in [-0.2, 0) is 20.8 Å². The molecular weight excluding hydrogens is 518 g/mol. The zero-order chi connectivity index (χ0) is 29.4. The van der Waals surface area contributed by atoms with Gasteiger partial charge in [-0.2, -0.15) is 0 Å². The van der Waals surface area contributed by atoms with Gasteiger partial charge in [-0.3, -0.25) is 14.4 Å². The van der Waals surface area contributed by atoms with Crippen LogP contribution in [0, 0.1) is 0 Å². The van der Waals surface area contributed by atoms with E-state index in [0.29, 0.717) is 36.1 Å². The molecule has 40 heavy (non-hydrogen) atoms. The van der Waals surface area contributed by atoms with Gasteiger partial charge in [0.15, 0.2) is 0 Å². The topological polar surface area (TPSA) is 252 Å². The molecule has 0 aromatic heterocycles. The Morgan fingerprint density at radius 3 is 2.35 bits per heavy atom. The molecule has 13 heteroatoms. The van der Waals surface area contributed by atoms with Crippen LogP contribution in [-0.4, -0.2) is 76.8 Å². The molecule has 3 amide bonds. The summed E-state index contributed by atoms with van der Waals surface area (Å²) >= 11 is 0. The first kappa shape index (κ1) is 30.8. The molecule has 218 valence electrons. The first-order valence-corrected chi connectivity index (χ1v) is 13.2. The van der Waals surface area contributed by atoms with Crippen LogP contribution in [0.2, 0.25) is 0 Å². The molecule has 0 saturated heterocycles. The standard InChI is InChI=1S/C27H39N7O6/c28-8-1-2-20-26(39)34-23(27(40)32-13-17(30)7-9-29)24(37)18-11-15(4-6-22(18)36)14-3-5-21(35)16(10-14)12-19(31)25(38)33-20/h3-6,10-11,17,19-20,23-24,35-37H,1-2,7-9,12-13,28-31H2,(H,32,40)(H,33,38)(H,34,39)/t17-,19-,20-,23-,24+/m0/s1. The summed E-state index contributed by atoms with van der Waals surface area (Å²) in [4.78, 5) is 39.6. The van der Waals surface area contributed by atoms with Gasteiger partial charge in [0.1, 0.15) is 29.7 Å². The lowest BCUT2D eigenvalue weighted by atomic mass is 9.94. The second-order valence-corrected chi connectivity index (χ2v) is 9.93. The molecule has 0 unspecified atom stereocenters. The Balaban J connectivity index is 2.09. The molecule has 1 aliphatic heterocycles. The van der Waals surface area contributed by atoms with E-state index in [1.807, 2.05) is 0 Å². The average Bonchev–Trinajstić information content (AvgIpc) is 2.93. The van der Waals surface area contributed by atoms with Crippen molar-refractivity contribution in [2.75, 3.05) is 19.6 Å². The molecule has 13 nitrogen and oxygen atoms in total. The van der Waals surface area contributed by atoms with Gasteiger partial charge >= 0.3 is 0 Å². The number of fused-ring (bicyclic) bond motifs is 5. The Morgan fingerprint density at radius 1 is 1.00 bits per heavy atom. The summed E-state index contributed by atoms with van der Waals surface area (Å²) in [5.41, 5.74) is 24.8. The van der Waals surface area contributed by atoms with Gasteiger partial charge in [-0.05, 0) is 73.3 Å². The van der Waals surface area contributed by atoms with Crippen molar-refractivity contribution in [1.29, 1.82) is 0 Å². The predicted molar refractivity (Wildman–Crippen MR) is 149 cm³/mol. The summed E-state index contributed by atoms with van der Waals surface area (Å²) in [6.45, 7) is 0.572. The minimum Gasteiger partial charge on any atom is -0.508 e. The van der Waals surface area contributed by atoms with Crippen molar-refractivity contribution >= 4 is 17.7 Å². The van der Waals surface area contributed by atoms with Crippen LogP contribution in [0.5, 0.6) is 11.5 Å². The SMILES string of the molecule is NCCC[C@@H]1NC(=O)[C@@H](N)Cc2cc(ccc2O)-c2ccc(O)c(c2)[C@@H](O)[C@@H](C(=O)NC[C@@H](N)CCN)NC1=O. The normalized spacial score (nSPS) is 22.3. The predicted octanol–water partition coefficient (Wildman–Crippen LogP) is -1.82. The van der Waals surface area contributed by atoms with Crippen molar-refractivity contribution in [1.82, 2.24) is 16.0 Å². The number of hydrogen-bond acceptors (Lipinski definition) is 10. The average molecular weight is 558 g/mol. The number of amides is 3. The molecular formula is C27H39N7O6. The third-order valence-corrected chi connectivity index (χ3v) is 6.84. The van der Waals surface area contributed by atoms with E-state index < -0.39 is 48.0 Å². The maximum atomic E-state index is 13.4. The molecule has 0 fully saturated rings. The molecule has 1 heterocycles. The summed E-state index contributed by atoms with van der Waals surface area (Å²) in [5.74, 6) is -2.54. The number of phenolic OH excluding ortho intramolecular Hbond substituents is 2. The third kappa shape index (κ3) is 7.67. The Morgan fingerprint density at radius 2 is 1.68 bits per heavy atom. The Labute approximate surface area is 232 Å². The largest absolute Gasteiger partial charge is 0.508 e. The fourth-order valence-electron chi connectivity index (χ4n) is 4.48. The van der Waals surface area contributed by atoms with E-state index in [9.17, 15) is 29.7 Å². The zero-order valence-corrected chi connectivity index (χ0v) is 22.2. The summed E-state index contributed by atoms with van der Waals surface area (Å²) in [6, 6.07) is 4.89. The highest BCUT2D eigenvalue weighted by Gasteiger charge is 2.34. The van der Waals surface area contributed by atoms with Crippen LogP contribution in [0.4, 0.5) is 0 Å². The number of carbonyl (C=O) groups is 3. The van der Waals surface area contributed by atoms with Crippen molar-refractivity contribution in [3.05, 3.63) is 47.5 Å². The van der Waals surface area contributed by atoms with Crippen molar-refractivity contribution in [2.45, 2.75) is 56.0 Å². The number of rotatable bonds is 8. The van der Waals surface area contributed by atoms with E-state index in [1.54, 1.807) is 18.2 Å². The number of aromatic hydroxyl groups is 2. The smallest absolute Gasteiger partial charge is 0.245 e. The van der Waals surface area contributed by atoms with Crippen LogP contribution in [0.1, 0.15) is 36.5 Å². The number of nitrogens with one attached hydrogen (secondary N) is 3. The van der Waals surface area contributed by atoms with Gasteiger partial charge in [-0.1, -0.05) is 12.1 Å². The summed E-state index contributed by atoms with van der Waals surface area (Å²) in [6.07, 6.45) is -0.784. The molecule has 5 atom stereocenters.